The van der Waals surface area contributed by atoms with Gasteiger partial charge in [0.2, 0.25) is 6.41 Å². The zero-order valence-corrected chi connectivity index (χ0v) is 27.0. The summed E-state index contributed by atoms with van der Waals surface area (Å²) in [5.41, 5.74) is 0. The molecule has 0 spiro atoms. The summed E-state index contributed by atoms with van der Waals surface area (Å²) in [6.07, 6.45) is 4.29. The summed E-state index contributed by atoms with van der Waals surface area (Å²) in [6, 6.07) is 6.86. The molecular formula is C28H35NO12S3. The van der Waals surface area contributed by atoms with Crippen LogP contribution in [0.2, 0.25) is 0 Å². The fourth-order valence-corrected chi connectivity index (χ4v) is 6.83. The summed E-state index contributed by atoms with van der Waals surface area (Å²) in [5, 5.41) is 2.63. The van der Waals surface area contributed by atoms with Crippen molar-refractivity contribution in [3.05, 3.63) is 36.4 Å². The molecule has 4 rings (SSSR count). The maximum atomic E-state index is 12.0. The van der Waals surface area contributed by atoms with Crippen LogP contribution in [0.25, 0.3) is 32.3 Å². The van der Waals surface area contributed by atoms with Crippen molar-refractivity contribution in [1.82, 2.24) is 5.32 Å². The van der Waals surface area contributed by atoms with Crippen molar-refractivity contribution < 1.29 is 53.2 Å². The lowest BCUT2D eigenvalue weighted by atomic mass is 9.93. The molecule has 16 heteroatoms. The molecule has 0 aliphatic rings. The van der Waals surface area contributed by atoms with Crippen LogP contribution < -0.4 is 10.1 Å². The van der Waals surface area contributed by atoms with Crippen molar-refractivity contribution in [1.29, 1.82) is 0 Å². The molecule has 0 aromatic heterocycles. The van der Waals surface area contributed by atoms with E-state index in [0.29, 0.717) is 24.3 Å². The van der Waals surface area contributed by atoms with Gasteiger partial charge in [-0.25, -0.2) is 0 Å². The molecule has 0 unspecified atom stereocenters. The van der Waals surface area contributed by atoms with Gasteiger partial charge < -0.3 is 14.8 Å². The van der Waals surface area contributed by atoms with Crippen LogP contribution in [-0.2, 0) is 39.9 Å². The number of nitrogens with one attached hydrogen (secondary N) is 1. The summed E-state index contributed by atoms with van der Waals surface area (Å²) in [7, 11) is -14.6. The first-order valence-corrected chi connectivity index (χ1v) is 17.8. The number of ether oxygens (including phenoxy) is 1. The molecule has 0 fully saturated rings. The molecule has 4 N–H and O–H groups in total. The number of amides is 1. The predicted molar refractivity (Wildman–Crippen MR) is 165 cm³/mol. The molecule has 0 aliphatic heterocycles. The van der Waals surface area contributed by atoms with Crippen LogP contribution in [0, 0.1) is 0 Å². The van der Waals surface area contributed by atoms with E-state index in [4.69, 9.17) is 4.74 Å². The predicted octanol–water partition coefficient (Wildman–Crippen LogP) is 4.63. The zero-order chi connectivity index (χ0) is 33.5. The van der Waals surface area contributed by atoms with Crippen molar-refractivity contribution in [2.45, 2.75) is 68.1 Å². The zero-order valence-electron chi connectivity index (χ0n) is 24.5. The Balaban J connectivity index is 0.000000441. The Morgan fingerprint density at radius 1 is 0.750 bits per heavy atom. The fraction of sp³-hybridized carbons (Fsp3) is 0.357. The quantitative estimate of drug-likeness (QED) is 0.0700. The molecule has 0 bridgehead atoms. The topological polar surface area (TPSA) is 219 Å². The van der Waals surface area contributed by atoms with E-state index in [-0.39, 0.29) is 45.1 Å². The third-order valence-corrected chi connectivity index (χ3v) is 8.99. The molecule has 1 amide bonds. The number of hydrogen-bond donors (Lipinski definition) is 4. The average molecular weight is 674 g/mol. The number of carbonyl (C=O) groups is 2. The van der Waals surface area contributed by atoms with Gasteiger partial charge in [-0.3, -0.25) is 18.5 Å². The van der Waals surface area contributed by atoms with Crippen LogP contribution >= 0.6 is 0 Å². The van der Waals surface area contributed by atoms with Gasteiger partial charge in [-0.1, -0.05) is 38.5 Å². The van der Waals surface area contributed by atoms with E-state index in [1.165, 1.54) is 24.3 Å². The highest BCUT2D eigenvalue weighted by Crippen LogP contribution is 2.45. The first-order valence-electron chi connectivity index (χ1n) is 13.5. The molecular weight excluding hydrogens is 639 g/mol. The second-order valence-electron chi connectivity index (χ2n) is 9.26. The van der Waals surface area contributed by atoms with Crippen LogP contribution in [0.5, 0.6) is 5.75 Å². The largest absolute Gasteiger partial charge is 0.493 e. The van der Waals surface area contributed by atoms with Crippen LogP contribution in [0.1, 0.15) is 53.4 Å². The molecule has 44 heavy (non-hydrogen) atoms. The highest BCUT2D eigenvalue weighted by Gasteiger charge is 2.28. The maximum absolute atomic E-state index is 12.0. The normalized spacial score (nSPS) is 11.9. The lowest BCUT2D eigenvalue weighted by molar-refractivity contribution is -0.117. The lowest BCUT2D eigenvalue weighted by Crippen LogP contribution is -2.11. The van der Waals surface area contributed by atoms with Gasteiger partial charge in [-0.05, 0) is 38.8 Å². The summed E-state index contributed by atoms with van der Waals surface area (Å²) in [4.78, 5) is 18.1. The van der Waals surface area contributed by atoms with E-state index in [0.717, 1.165) is 31.9 Å². The average Bonchev–Trinajstić information content (AvgIpc) is 2.93. The highest BCUT2D eigenvalue weighted by molar-refractivity contribution is 7.87. The van der Waals surface area contributed by atoms with Gasteiger partial charge in [0.1, 0.15) is 26.2 Å². The van der Waals surface area contributed by atoms with Gasteiger partial charge in [0.25, 0.3) is 30.4 Å². The molecule has 0 heterocycles. The Hall–Kier alpha value is -3.41. The Morgan fingerprint density at radius 2 is 1.18 bits per heavy atom. The molecule has 4 aromatic carbocycles. The number of ketones is 1. The number of carbonyl (C=O) groups excluding carboxylic acids is 2. The van der Waals surface area contributed by atoms with Gasteiger partial charge >= 0.3 is 0 Å². The number of unbranched alkanes of at least 4 members (excludes halogenated alkanes) is 2. The van der Waals surface area contributed by atoms with Crippen LogP contribution in [0.4, 0.5) is 0 Å². The lowest BCUT2D eigenvalue weighted by Gasteiger charge is -2.18. The summed E-state index contributed by atoms with van der Waals surface area (Å²) < 4.78 is 106. The first kappa shape index (κ1) is 36.8. The molecule has 0 saturated carbocycles. The van der Waals surface area contributed by atoms with Gasteiger partial charge in [-0.2, -0.15) is 25.3 Å². The third kappa shape index (κ3) is 8.61. The summed E-state index contributed by atoms with van der Waals surface area (Å²) >= 11 is 0. The Morgan fingerprint density at radius 3 is 1.59 bits per heavy atom. The van der Waals surface area contributed by atoms with E-state index < -0.39 is 45.0 Å². The van der Waals surface area contributed by atoms with Crippen molar-refractivity contribution in [3.8, 4) is 5.75 Å². The molecule has 0 saturated heterocycles. The van der Waals surface area contributed by atoms with E-state index in [1.54, 1.807) is 13.8 Å². The molecule has 0 atom stereocenters. The van der Waals surface area contributed by atoms with Gasteiger partial charge in [0.05, 0.1) is 6.61 Å². The van der Waals surface area contributed by atoms with E-state index in [1.807, 2.05) is 13.8 Å². The Kier molecular flexibility index (Phi) is 12.6. The third-order valence-electron chi connectivity index (χ3n) is 6.31. The summed E-state index contributed by atoms with van der Waals surface area (Å²) in [5.74, 6) is 0.288. The molecule has 0 radical (unpaired) electrons. The Bertz CT molecular complexity index is 1920. The monoisotopic (exact) mass is 673 g/mol. The standard InChI is InChI=1S/C18H14O10S3.C8H15NO2.C2H6/c1-2-28-13-7-14(29(19,20)21)10-5-6-12-16(31(25,26)27)8-15(30(22,23)24)11-4-3-9(13)17(10)18(11)12;1-8(11)5-3-2-4-6-9-7-10;1-2/h3-8H,2H2,1H3,(H,19,20,21)(H,22,23,24)(H,25,26,27);7H,2-6H2,1H3,(H,9,10);1-2H3. The van der Waals surface area contributed by atoms with Crippen LogP contribution in [0.15, 0.2) is 51.1 Å². The number of hydrogen-bond acceptors (Lipinski definition) is 9. The maximum Gasteiger partial charge on any atom is 0.295 e. The SMILES string of the molecule is CC.CC(=O)CCCCCNC=O.CCOc1cc(S(=O)(=O)O)c2ccc3c(S(=O)(=O)O)cc(S(=O)(=O)O)c4ccc1c2c43. The van der Waals surface area contributed by atoms with Crippen molar-refractivity contribution in [2.75, 3.05) is 13.2 Å². The molecule has 13 nitrogen and oxygen atoms in total. The van der Waals surface area contributed by atoms with Gasteiger partial charge in [-0.15, -0.1) is 0 Å². The van der Waals surface area contributed by atoms with Crippen molar-refractivity contribution in [2.24, 2.45) is 0 Å². The number of Topliss-reactive ketones (excluding diaryl/α,β-unsaturated/α-hetero) is 1. The first-order chi connectivity index (χ1) is 20.5. The Labute approximate surface area is 256 Å². The van der Waals surface area contributed by atoms with Crippen LogP contribution in [0.3, 0.4) is 0 Å². The highest BCUT2D eigenvalue weighted by atomic mass is 32.2. The smallest absolute Gasteiger partial charge is 0.295 e. The molecule has 242 valence electrons. The van der Waals surface area contributed by atoms with Crippen molar-refractivity contribution in [3.63, 3.8) is 0 Å². The molecule has 4 aromatic rings. The van der Waals surface area contributed by atoms with E-state index in [2.05, 4.69) is 5.32 Å². The fourth-order valence-electron chi connectivity index (χ4n) is 4.62. The van der Waals surface area contributed by atoms with Crippen LogP contribution in [-0.4, -0.2) is 64.3 Å². The van der Waals surface area contributed by atoms with Gasteiger partial charge in [0.15, 0.2) is 0 Å². The minimum absolute atomic E-state index is 0.0344. The van der Waals surface area contributed by atoms with E-state index >= 15 is 0 Å². The second kappa shape index (κ2) is 15.0. The van der Waals surface area contributed by atoms with Crippen molar-refractivity contribution >= 4 is 74.9 Å². The minimum atomic E-state index is -4.94. The van der Waals surface area contributed by atoms with E-state index in [9.17, 15) is 48.5 Å². The summed E-state index contributed by atoms with van der Waals surface area (Å²) in [6.45, 7) is 8.09. The number of benzene rings is 4. The number of rotatable bonds is 12. The minimum Gasteiger partial charge on any atom is -0.493 e. The molecule has 0 aliphatic carbocycles. The second-order valence-corrected chi connectivity index (χ2v) is 13.4. The van der Waals surface area contributed by atoms with Gasteiger partial charge in [0, 0.05) is 51.3 Å².